The largest absolute Gasteiger partial charge is 0.374 e. The number of ether oxygens (including phenoxy) is 1. The number of H-pyrrole nitrogens is 1. The van der Waals surface area contributed by atoms with Crippen LogP contribution in [0, 0.1) is 18.3 Å². The summed E-state index contributed by atoms with van der Waals surface area (Å²) >= 11 is 1.70. The van der Waals surface area contributed by atoms with Gasteiger partial charge in [-0.05, 0) is 61.3 Å². The molecule has 198 valence electrons. The summed E-state index contributed by atoms with van der Waals surface area (Å²) in [5.41, 5.74) is 5.83. The fourth-order valence-corrected chi connectivity index (χ4v) is 5.08. The van der Waals surface area contributed by atoms with Crippen molar-refractivity contribution in [3.63, 3.8) is 0 Å². The number of nitriles is 1. The van der Waals surface area contributed by atoms with Crippen LogP contribution in [-0.4, -0.2) is 32.8 Å². The first-order chi connectivity index (χ1) is 18.4. The molecule has 3 aromatic heterocycles. The first-order valence-electron chi connectivity index (χ1n) is 13.1. The summed E-state index contributed by atoms with van der Waals surface area (Å²) in [5, 5.41) is 16.4. The van der Waals surface area contributed by atoms with Crippen LogP contribution in [0.4, 0.5) is 23.0 Å². The summed E-state index contributed by atoms with van der Waals surface area (Å²) in [6.45, 7) is 10.8. The summed E-state index contributed by atoms with van der Waals surface area (Å²) in [6, 6.07) is 14.4. The molecule has 1 saturated heterocycles. The number of pyridine rings is 2. The topological polar surface area (TPSA) is 112 Å². The minimum absolute atomic E-state index is 0.177. The third-order valence-corrected chi connectivity index (χ3v) is 7.06. The predicted molar refractivity (Wildman–Crippen MR) is 156 cm³/mol. The zero-order chi connectivity index (χ0) is 27.2. The van der Waals surface area contributed by atoms with Gasteiger partial charge in [-0.15, -0.1) is 11.8 Å². The molecule has 5 rings (SSSR count). The Morgan fingerprint density at radius 1 is 1.05 bits per heavy atom. The molecule has 4 aromatic rings. The Kier molecular flexibility index (Phi) is 8.87. The molecule has 4 heterocycles. The number of rotatable bonds is 7. The third kappa shape index (κ3) is 5.93. The summed E-state index contributed by atoms with van der Waals surface area (Å²) in [4.78, 5) is 18.2. The number of aromatic nitrogens is 4. The van der Waals surface area contributed by atoms with Crippen molar-refractivity contribution in [2.45, 2.75) is 64.4 Å². The molecule has 0 bridgehead atoms. The van der Waals surface area contributed by atoms with Gasteiger partial charge in [-0.25, -0.2) is 15.0 Å². The third-order valence-electron chi connectivity index (χ3n) is 6.29. The molecule has 0 aliphatic carbocycles. The molecule has 0 amide bonds. The summed E-state index contributed by atoms with van der Waals surface area (Å²) in [5.74, 6) is 2.15. The van der Waals surface area contributed by atoms with Crippen LogP contribution in [0.5, 0.6) is 0 Å². The Hall–Kier alpha value is -3.61. The van der Waals surface area contributed by atoms with Crippen LogP contribution in [0.1, 0.15) is 75.2 Å². The molecule has 1 aliphatic rings. The lowest BCUT2D eigenvalue weighted by Gasteiger charge is -2.16. The maximum absolute atomic E-state index is 9.56. The molecular weight excluding hydrogens is 494 g/mol. The van der Waals surface area contributed by atoms with Gasteiger partial charge in [-0.2, -0.15) is 5.26 Å². The minimum Gasteiger partial charge on any atom is -0.374 e. The number of aromatic amines is 1. The van der Waals surface area contributed by atoms with Crippen LogP contribution in [0.25, 0.3) is 11.2 Å². The number of hydrogen-bond donors (Lipinski definition) is 3. The normalized spacial score (nSPS) is 14.7. The Balaban J connectivity index is 0.00000164. The van der Waals surface area contributed by atoms with Crippen LogP contribution < -0.4 is 10.6 Å². The number of imidazole rings is 1. The molecule has 1 aliphatic heterocycles. The van der Waals surface area contributed by atoms with Crippen LogP contribution in [0.2, 0.25) is 0 Å². The van der Waals surface area contributed by atoms with E-state index in [2.05, 4.69) is 74.9 Å². The van der Waals surface area contributed by atoms with Gasteiger partial charge in [-0.3, -0.25) is 0 Å². The van der Waals surface area contributed by atoms with Gasteiger partial charge in [0.15, 0.2) is 5.65 Å². The molecule has 9 heteroatoms. The molecule has 1 unspecified atom stereocenters. The lowest BCUT2D eigenvalue weighted by Crippen LogP contribution is -2.03. The maximum atomic E-state index is 9.56. The molecule has 0 saturated carbocycles. The highest BCUT2D eigenvalue weighted by atomic mass is 32.2. The summed E-state index contributed by atoms with van der Waals surface area (Å²) < 4.78 is 5.88. The van der Waals surface area contributed by atoms with Crippen LogP contribution in [0.3, 0.4) is 0 Å². The highest BCUT2D eigenvalue weighted by Gasteiger charge is 2.19. The van der Waals surface area contributed by atoms with Crippen molar-refractivity contribution >= 4 is 45.9 Å². The van der Waals surface area contributed by atoms with E-state index >= 15 is 0 Å². The van der Waals surface area contributed by atoms with E-state index in [1.54, 1.807) is 11.8 Å². The fourth-order valence-electron chi connectivity index (χ4n) is 4.49. The second kappa shape index (κ2) is 12.3. The smallest absolute Gasteiger partial charge is 0.181 e. The van der Waals surface area contributed by atoms with Crippen molar-refractivity contribution in [2.75, 3.05) is 23.5 Å². The molecule has 8 nitrogen and oxygen atoms in total. The van der Waals surface area contributed by atoms with E-state index in [0.29, 0.717) is 23.0 Å². The van der Waals surface area contributed by atoms with E-state index in [1.165, 1.54) is 5.56 Å². The molecule has 38 heavy (non-hydrogen) atoms. The van der Waals surface area contributed by atoms with Gasteiger partial charge < -0.3 is 20.4 Å². The number of nitrogens with one attached hydrogen (secondary N) is 3. The number of anilines is 4. The molecule has 1 atom stereocenters. The van der Waals surface area contributed by atoms with E-state index in [9.17, 15) is 5.26 Å². The van der Waals surface area contributed by atoms with Crippen LogP contribution >= 0.6 is 11.8 Å². The number of fused-ring (bicyclic) bond motifs is 1. The standard InChI is InChI=1S/C27H29N7OS.C2H6/c1-15(2)18-8-10-24(32-21(18)14-28)33-25-13-20(26-27(34-25)30-16(3)29-26)31-19-9-7-17(12-23(19)36-4)22-6-5-11-35-22;1-2/h7-10,12-13,15,22H,5-6,11H2,1-4H3,(H3,29,30,31,32,33,34);1-2H3. The first-order valence-corrected chi connectivity index (χ1v) is 14.3. The van der Waals surface area contributed by atoms with Crippen LogP contribution in [-0.2, 0) is 4.74 Å². The van der Waals surface area contributed by atoms with Gasteiger partial charge in [-0.1, -0.05) is 39.8 Å². The lowest BCUT2D eigenvalue weighted by atomic mass is 10.0. The number of benzene rings is 1. The first kappa shape index (κ1) is 27.4. The average molecular weight is 530 g/mol. The highest BCUT2D eigenvalue weighted by molar-refractivity contribution is 7.98. The van der Waals surface area contributed by atoms with E-state index < -0.39 is 0 Å². The van der Waals surface area contributed by atoms with Gasteiger partial charge >= 0.3 is 0 Å². The predicted octanol–water partition coefficient (Wildman–Crippen LogP) is 7.74. The second-order valence-electron chi connectivity index (χ2n) is 9.19. The Bertz CT molecular complexity index is 1450. The van der Waals surface area contributed by atoms with Crippen molar-refractivity contribution in [1.29, 1.82) is 5.26 Å². The molecule has 0 spiro atoms. The highest BCUT2D eigenvalue weighted by Crippen LogP contribution is 2.37. The Morgan fingerprint density at radius 3 is 2.55 bits per heavy atom. The van der Waals surface area contributed by atoms with Crippen molar-refractivity contribution in [1.82, 2.24) is 19.9 Å². The zero-order valence-corrected chi connectivity index (χ0v) is 23.7. The van der Waals surface area contributed by atoms with Crippen molar-refractivity contribution in [3.05, 3.63) is 59.0 Å². The fraction of sp³-hybridized carbons (Fsp3) is 0.379. The molecule has 0 radical (unpaired) electrons. The van der Waals surface area contributed by atoms with Gasteiger partial charge in [0.05, 0.1) is 17.5 Å². The average Bonchev–Trinajstić information content (AvgIpc) is 3.59. The zero-order valence-electron chi connectivity index (χ0n) is 22.8. The van der Waals surface area contributed by atoms with E-state index in [-0.39, 0.29) is 12.0 Å². The van der Waals surface area contributed by atoms with E-state index in [0.717, 1.165) is 52.6 Å². The van der Waals surface area contributed by atoms with Gasteiger partial charge in [0.2, 0.25) is 0 Å². The Labute approximate surface area is 228 Å². The lowest BCUT2D eigenvalue weighted by molar-refractivity contribution is 0.112. The molecule has 1 aromatic carbocycles. The summed E-state index contributed by atoms with van der Waals surface area (Å²) in [7, 11) is 0. The van der Waals surface area contributed by atoms with Crippen molar-refractivity contribution < 1.29 is 4.74 Å². The Morgan fingerprint density at radius 2 is 1.87 bits per heavy atom. The minimum atomic E-state index is 0.177. The molecular formula is C29H35N7OS. The molecule has 1 fully saturated rings. The van der Waals surface area contributed by atoms with Gasteiger partial charge in [0.1, 0.15) is 34.7 Å². The van der Waals surface area contributed by atoms with Crippen molar-refractivity contribution in [2.24, 2.45) is 0 Å². The van der Waals surface area contributed by atoms with Crippen LogP contribution in [0.15, 0.2) is 41.3 Å². The SMILES string of the molecule is CC.CSc1cc(C2CCCO2)ccc1Nc1cc(Nc2ccc(C(C)C)c(C#N)n2)nc2nc(C)[nH]c12. The number of nitrogens with zero attached hydrogens (tertiary/aromatic N) is 4. The molecule has 3 N–H and O–H groups in total. The van der Waals surface area contributed by atoms with Gasteiger partial charge in [0, 0.05) is 17.6 Å². The van der Waals surface area contributed by atoms with E-state index in [4.69, 9.17) is 4.74 Å². The number of hydrogen-bond acceptors (Lipinski definition) is 8. The van der Waals surface area contributed by atoms with Gasteiger partial charge in [0.25, 0.3) is 0 Å². The summed E-state index contributed by atoms with van der Waals surface area (Å²) in [6.07, 6.45) is 4.42. The van der Waals surface area contributed by atoms with E-state index in [1.807, 2.05) is 39.0 Å². The monoisotopic (exact) mass is 529 g/mol. The van der Waals surface area contributed by atoms with Crippen molar-refractivity contribution in [3.8, 4) is 6.07 Å². The second-order valence-corrected chi connectivity index (χ2v) is 10.0. The number of thioether (sulfide) groups is 1. The number of aryl methyl sites for hydroxylation is 1. The quantitative estimate of drug-likeness (QED) is 0.208. The maximum Gasteiger partial charge on any atom is 0.181 e.